The van der Waals surface area contributed by atoms with Gasteiger partial charge >= 0.3 is 0 Å². The van der Waals surface area contributed by atoms with Gasteiger partial charge in [0.1, 0.15) is 11.1 Å². The molecule has 1 N–H and O–H groups in total. The van der Waals surface area contributed by atoms with Crippen molar-refractivity contribution in [2.45, 2.75) is 25.6 Å². The van der Waals surface area contributed by atoms with Crippen LogP contribution in [0.25, 0.3) is 0 Å². The molecule has 6 heteroatoms. The molecule has 3 rings (SSSR count). The summed E-state index contributed by atoms with van der Waals surface area (Å²) in [6.45, 7) is 2.69. The van der Waals surface area contributed by atoms with Crippen LogP contribution in [0.2, 0.25) is 0 Å². The fraction of sp³-hybridized carbons (Fsp3) is 0.368. The number of amides is 1. The SMILES string of the molecule is N#Cc1ccsc1NC(=O)CN1CCC(OCc2ccccc2)CC1. The second-order valence-electron chi connectivity index (χ2n) is 6.10. The van der Waals surface area contributed by atoms with E-state index in [4.69, 9.17) is 10.00 Å². The first-order valence-corrected chi connectivity index (χ1v) is 9.28. The van der Waals surface area contributed by atoms with Crippen molar-refractivity contribution in [3.63, 3.8) is 0 Å². The molecular formula is C19H21N3O2S. The number of nitriles is 1. The molecule has 5 nitrogen and oxygen atoms in total. The van der Waals surface area contributed by atoms with Crippen LogP contribution in [0.3, 0.4) is 0 Å². The zero-order chi connectivity index (χ0) is 17.5. The van der Waals surface area contributed by atoms with Crippen molar-refractivity contribution < 1.29 is 9.53 Å². The number of rotatable bonds is 6. The molecule has 0 spiro atoms. The van der Waals surface area contributed by atoms with E-state index in [1.54, 1.807) is 6.07 Å². The minimum atomic E-state index is -0.0670. The summed E-state index contributed by atoms with van der Waals surface area (Å²) in [6, 6.07) is 14.0. The number of carbonyl (C=O) groups is 1. The highest BCUT2D eigenvalue weighted by Gasteiger charge is 2.21. The van der Waals surface area contributed by atoms with Crippen LogP contribution in [0.4, 0.5) is 5.00 Å². The Labute approximate surface area is 151 Å². The summed E-state index contributed by atoms with van der Waals surface area (Å²) in [4.78, 5) is 14.3. The number of nitrogens with zero attached hydrogens (tertiary/aromatic N) is 2. The molecule has 0 saturated carbocycles. The van der Waals surface area contributed by atoms with Crippen LogP contribution in [-0.4, -0.2) is 36.5 Å². The molecule has 0 radical (unpaired) electrons. The van der Waals surface area contributed by atoms with E-state index in [0.29, 0.717) is 23.7 Å². The van der Waals surface area contributed by atoms with Gasteiger partial charge in [0, 0.05) is 13.1 Å². The van der Waals surface area contributed by atoms with Crippen molar-refractivity contribution in [3.05, 3.63) is 52.9 Å². The molecule has 130 valence electrons. The maximum Gasteiger partial charge on any atom is 0.239 e. The Balaban J connectivity index is 1.39. The summed E-state index contributed by atoms with van der Waals surface area (Å²) < 4.78 is 5.98. The number of likely N-dealkylation sites (tertiary alicyclic amines) is 1. The van der Waals surface area contributed by atoms with Crippen LogP contribution in [-0.2, 0) is 16.1 Å². The fourth-order valence-electron chi connectivity index (χ4n) is 2.89. The number of anilines is 1. The van der Waals surface area contributed by atoms with E-state index >= 15 is 0 Å². The van der Waals surface area contributed by atoms with Crippen LogP contribution in [0.5, 0.6) is 0 Å². The van der Waals surface area contributed by atoms with Gasteiger partial charge in [-0.15, -0.1) is 11.3 Å². The van der Waals surface area contributed by atoms with E-state index in [2.05, 4.69) is 28.4 Å². The number of nitrogens with one attached hydrogen (secondary N) is 1. The van der Waals surface area contributed by atoms with Crippen molar-refractivity contribution in [3.8, 4) is 6.07 Å². The molecule has 1 aromatic carbocycles. The zero-order valence-corrected chi connectivity index (χ0v) is 14.8. The van der Waals surface area contributed by atoms with Gasteiger partial charge in [-0.05, 0) is 29.9 Å². The Morgan fingerprint density at radius 2 is 2.04 bits per heavy atom. The summed E-state index contributed by atoms with van der Waals surface area (Å²) in [6.07, 6.45) is 2.12. The molecular weight excluding hydrogens is 334 g/mol. The molecule has 0 bridgehead atoms. The minimum absolute atomic E-state index is 0.0670. The van der Waals surface area contributed by atoms with Gasteiger partial charge in [0.2, 0.25) is 5.91 Å². The highest BCUT2D eigenvalue weighted by atomic mass is 32.1. The van der Waals surface area contributed by atoms with Gasteiger partial charge < -0.3 is 10.1 Å². The molecule has 1 aromatic heterocycles. The van der Waals surface area contributed by atoms with Gasteiger partial charge in [0.15, 0.2) is 0 Å². The number of hydrogen-bond donors (Lipinski definition) is 1. The van der Waals surface area contributed by atoms with Crippen LogP contribution < -0.4 is 5.32 Å². The summed E-state index contributed by atoms with van der Waals surface area (Å²) in [5, 5.41) is 14.3. The van der Waals surface area contributed by atoms with E-state index in [1.165, 1.54) is 16.9 Å². The lowest BCUT2D eigenvalue weighted by Crippen LogP contribution is -2.41. The number of benzene rings is 1. The third-order valence-corrected chi connectivity index (χ3v) is 5.10. The topological polar surface area (TPSA) is 65.4 Å². The van der Waals surface area contributed by atoms with Crippen molar-refractivity contribution in [2.75, 3.05) is 25.0 Å². The summed E-state index contributed by atoms with van der Waals surface area (Å²) in [5.41, 5.74) is 1.71. The van der Waals surface area contributed by atoms with Crippen LogP contribution >= 0.6 is 11.3 Å². The van der Waals surface area contributed by atoms with E-state index in [-0.39, 0.29) is 12.0 Å². The van der Waals surface area contributed by atoms with E-state index in [9.17, 15) is 4.79 Å². The van der Waals surface area contributed by atoms with Gasteiger partial charge in [0.05, 0.1) is 24.8 Å². The largest absolute Gasteiger partial charge is 0.373 e. The third-order valence-electron chi connectivity index (χ3n) is 4.27. The number of ether oxygens (including phenoxy) is 1. The van der Waals surface area contributed by atoms with Crippen molar-refractivity contribution >= 4 is 22.2 Å². The molecule has 0 atom stereocenters. The van der Waals surface area contributed by atoms with Gasteiger partial charge in [0.25, 0.3) is 0 Å². The molecule has 0 aliphatic carbocycles. The lowest BCUT2D eigenvalue weighted by Gasteiger charge is -2.31. The predicted molar refractivity (Wildman–Crippen MR) is 98.4 cm³/mol. The van der Waals surface area contributed by atoms with E-state index in [1.807, 2.05) is 23.6 Å². The second kappa shape index (κ2) is 8.77. The van der Waals surface area contributed by atoms with Crippen molar-refractivity contribution in [2.24, 2.45) is 0 Å². The quantitative estimate of drug-likeness (QED) is 0.864. The Morgan fingerprint density at radius 3 is 2.76 bits per heavy atom. The number of piperidine rings is 1. The van der Waals surface area contributed by atoms with Crippen LogP contribution in [0.1, 0.15) is 24.0 Å². The average molecular weight is 355 g/mol. The van der Waals surface area contributed by atoms with Gasteiger partial charge in [-0.25, -0.2) is 0 Å². The smallest absolute Gasteiger partial charge is 0.239 e. The first-order chi connectivity index (χ1) is 12.2. The third kappa shape index (κ3) is 5.13. The lowest BCUT2D eigenvalue weighted by molar-refractivity contribution is -0.118. The minimum Gasteiger partial charge on any atom is -0.373 e. The Kier molecular flexibility index (Phi) is 6.18. The average Bonchev–Trinajstić information content (AvgIpc) is 3.09. The summed E-state index contributed by atoms with van der Waals surface area (Å²) in [7, 11) is 0. The number of thiophene rings is 1. The van der Waals surface area contributed by atoms with Gasteiger partial charge in [-0.1, -0.05) is 30.3 Å². The normalized spacial score (nSPS) is 15.6. The first kappa shape index (κ1) is 17.6. The molecule has 1 fully saturated rings. The van der Waals surface area contributed by atoms with Crippen molar-refractivity contribution in [1.29, 1.82) is 5.26 Å². The fourth-order valence-corrected chi connectivity index (χ4v) is 3.64. The monoisotopic (exact) mass is 355 g/mol. The molecule has 2 heterocycles. The molecule has 1 amide bonds. The molecule has 25 heavy (non-hydrogen) atoms. The zero-order valence-electron chi connectivity index (χ0n) is 14.0. The van der Waals surface area contributed by atoms with E-state index in [0.717, 1.165) is 25.9 Å². The molecule has 1 aliphatic heterocycles. The van der Waals surface area contributed by atoms with Crippen molar-refractivity contribution in [1.82, 2.24) is 4.90 Å². The second-order valence-corrected chi connectivity index (χ2v) is 7.01. The van der Waals surface area contributed by atoms with Crippen LogP contribution in [0.15, 0.2) is 41.8 Å². The van der Waals surface area contributed by atoms with Gasteiger partial charge in [-0.2, -0.15) is 5.26 Å². The molecule has 2 aromatic rings. The molecule has 1 saturated heterocycles. The molecule has 1 aliphatic rings. The number of hydrogen-bond acceptors (Lipinski definition) is 5. The lowest BCUT2D eigenvalue weighted by atomic mass is 10.1. The highest BCUT2D eigenvalue weighted by Crippen LogP contribution is 2.22. The van der Waals surface area contributed by atoms with Crippen LogP contribution in [0, 0.1) is 11.3 Å². The standard InChI is InChI=1S/C19H21N3O2S/c20-12-16-8-11-25-19(16)21-18(23)13-22-9-6-17(7-10-22)24-14-15-4-2-1-3-5-15/h1-5,8,11,17H,6-7,9-10,13-14H2,(H,21,23). The maximum atomic E-state index is 12.2. The maximum absolute atomic E-state index is 12.2. The first-order valence-electron chi connectivity index (χ1n) is 8.40. The summed E-state index contributed by atoms with van der Waals surface area (Å²) in [5.74, 6) is -0.0670. The Hall–Kier alpha value is -2.20. The van der Waals surface area contributed by atoms with Gasteiger partial charge in [-0.3, -0.25) is 9.69 Å². The van der Waals surface area contributed by atoms with E-state index < -0.39 is 0 Å². The molecule has 0 unspecified atom stereocenters. The predicted octanol–water partition coefficient (Wildman–Crippen LogP) is 3.24. The highest BCUT2D eigenvalue weighted by molar-refractivity contribution is 7.14. The Morgan fingerprint density at radius 1 is 1.28 bits per heavy atom. The Bertz CT molecular complexity index is 731. The number of carbonyl (C=O) groups excluding carboxylic acids is 1. The summed E-state index contributed by atoms with van der Waals surface area (Å²) >= 11 is 1.38.